The van der Waals surface area contributed by atoms with Crippen molar-refractivity contribution in [1.82, 2.24) is 19.7 Å². The summed E-state index contributed by atoms with van der Waals surface area (Å²) in [7, 11) is 0. The highest BCUT2D eigenvalue weighted by Crippen LogP contribution is 2.34. The number of hydrogen-bond donors (Lipinski definition) is 1. The normalized spacial score (nSPS) is 13.9. The van der Waals surface area contributed by atoms with Gasteiger partial charge in [-0.15, -0.1) is 10.2 Å². The van der Waals surface area contributed by atoms with Gasteiger partial charge in [0.05, 0.1) is 16.6 Å². The average Bonchev–Trinajstić information content (AvgIpc) is 3.29. The summed E-state index contributed by atoms with van der Waals surface area (Å²) in [5.41, 5.74) is 3.40. The molecule has 0 saturated heterocycles. The number of amides is 1. The largest absolute Gasteiger partial charge is 0.321 e. The fourth-order valence-electron chi connectivity index (χ4n) is 3.89. The van der Waals surface area contributed by atoms with Crippen molar-refractivity contribution in [3.63, 3.8) is 0 Å². The molecule has 0 bridgehead atoms. The second kappa shape index (κ2) is 9.22. The van der Waals surface area contributed by atoms with E-state index in [-0.39, 0.29) is 11.5 Å². The Morgan fingerprint density at radius 2 is 1.97 bits per heavy atom. The third-order valence-electron chi connectivity index (χ3n) is 5.50. The Labute approximate surface area is 192 Å². The Hall–Kier alpha value is -3.04. The Morgan fingerprint density at radius 1 is 1.09 bits per heavy atom. The van der Waals surface area contributed by atoms with Crippen LogP contribution in [-0.2, 0) is 13.0 Å². The molecule has 5 rings (SSSR count). The Balaban J connectivity index is 1.44. The molecule has 4 aromatic rings. The maximum absolute atomic E-state index is 13.0. The molecule has 9 heteroatoms. The maximum Gasteiger partial charge on any atom is 0.261 e. The minimum Gasteiger partial charge on any atom is -0.321 e. The topological polar surface area (TPSA) is 89.8 Å². The van der Waals surface area contributed by atoms with Crippen LogP contribution in [0.1, 0.15) is 41.9 Å². The number of rotatable bonds is 4. The number of nitrogens with zero attached hydrogens (tertiary/aromatic N) is 4. The fraction of sp³-hybridized carbons (Fsp3) is 0.261. The van der Waals surface area contributed by atoms with Crippen molar-refractivity contribution in [3.8, 4) is 0 Å². The van der Waals surface area contributed by atoms with Gasteiger partial charge in [-0.3, -0.25) is 14.2 Å². The lowest BCUT2D eigenvalue weighted by atomic mass is 10.1. The highest BCUT2D eigenvalue weighted by Gasteiger charge is 2.16. The zero-order chi connectivity index (χ0) is 21.9. The third kappa shape index (κ3) is 4.31. The summed E-state index contributed by atoms with van der Waals surface area (Å²) in [4.78, 5) is 31.7. The monoisotopic (exact) mass is 463 g/mol. The predicted molar refractivity (Wildman–Crippen MR) is 127 cm³/mol. The van der Waals surface area contributed by atoms with Gasteiger partial charge in [0, 0.05) is 23.4 Å². The molecule has 32 heavy (non-hydrogen) atoms. The van der Waals surface area contributed by atoms with Crippen molar-refractivity contribution in [2.45, 2.75) is 47.9 Å². The number of para-hydroxylation sites is 1. The lowest BCUT2D eigenvalue weighted by Gasteiger charge is -2.16. The highest BCUT2D eigenvalue weighted by atomic mass is 32.2. The van der Waals surface area contributed by atoms with Crippen molar-refractivity contribution < 1.29 is 4.79 Å². The van der Waals surface area contributed by atoms with E-state index >= 15 is 0 Å². The molecule has 1 aliphatic rings. The second-order valence-electron chi connectivity index (χ2n) is 7.64. The molecule has 7 nitrogen and oxygen atoms in total. The summed E-state index contributed by atoms with van der Waals surface area (Å²) in [5, 5.41) is 11.5. The Bertz CT molecular complexity index is 1330. The minimum atomic E-state index is -0.245. The van der Waals surface area contributed by atoms with Crippen LogP contribution in [0.3, 0.4) is 0 Å². The van der Waals surface area contributed by atoms with Crippen LogP contribution in [0.25, 0.3) is 10.9 Å². The van der Waals surface area contributed by atoms with Gasteiger partial charge < -0.3 is 5.32 Å². The van der Waals surface area contributed by atoms with E-state index in [9.17, 15) is 9.59 Å². The first-order chi connectivity index (χ1) is 15.7. The van der Waals surface area contributed by atoms with E-state index < -0.39 is 0 Å². The summed E-state index contributed by atoms with van der Waals surface area (Å²) < 4.78 is 2.61. The predicted octanol–water partition coefficient (Wildman–Crippen LogP) is 4.77. The first-order valence-electron chi connectivity index (χ1n) is 10.6. The van der Waals surface area contributed by atoms with Gasteiger partial charge in [-0.2, -0.15) is 0 Å². The molecule has 1 aliphatic heterocycles. The molecule has 2 aromatic carbocycles. The standard InChI is InChI=1S/C23H21N5O2S2/c29-21(26-17-7-4-5-8-19(17)32-23-27-24-14-31-23)15-10-11-16-18(13-15)25-20-9-3-1-2-6-12-28(20)22(16)30/h4-5,7-8,10-11,13-14H,1-3,6,9,12H2,(H,26,29). The first-order valence-corrected chi connectivity index (χ1v) is 12.3. The van der Waals surface area contributed by atoms with Crippen molar-refractivity contribution >= 4 is 45.6 Å². The van der Waals surface area contributed by atoms with Gasteiger partial charge in [-0.25, -0.2) is 4.98 Å². The zero-order valence-corrected chi connectivity index (χ0v) is 18.9. The lowest BCUT2D eigenvalue weighted by Crippen LogP contribution is -2.26. The van der Waals surface area contributed by atoms with Crippen LogP contribution in [0.2, 0.25) is 0 Å². The molecule has 0 aliphatic carbocycles. The van der Waals surface area contributed by atoms with Crippen LogP contribution in [0.15, 0.2) is 62.0 Å². The molecule has 1 N–H and O–H groups in total. The van der Waals surface area contributed by atoms with E-state index in [1.54, 1.807) is 23.7 Å². The molecule has 0 atom stereocenters. The molecule has 162 valence electrons. The van der Waals surface area contributed by atoms with Crippen molar-refractivity contribution in [2.24, 2.45) is 0 Å². The van der Waals surface area contributed by atoms with Crippen LogP contribution in [0, 0.1) is 0 Å². The van der Waals surface area contributed by atoms with Gasteiger partial charge in [0.2, 0.25) is 0 Å². The summed E-state index contributed by atoms with van der Waals surface area (Å²) in [6.07, 6.45) is 5.11. The lowest BCUT2D eigenvalue weighted by molar-refractivity contribution is 0.102. The first kappa shape index (κ1) is 20.8. The number of hydrogen-bond acceptors (Lipinski definition) is 7. The van der Waals surface area contributed by atoms with E-state index in [4.69, 9.17) is 4.98 Å². The van der Waals surface area contributed by atoms with E-state index in [0.717, 1.165) is 47.2 Å². The molecule has 2 aromatic heterocycles. The Morgan fingerprint density at radius 3 is 2.84 bits per heavy atom. The van der Waals surface area contributed by atoms with Crippen LogP contribution in [-0.4, -0.2) is 25.7 Å². The molecular weight excluding hydrogens is 442 g/mol. The van der Waals surface area contributed by atoms with Gasteiger partial charge in [0.15, 0.2) is 4.34 Å². The van der Waals surface area contributed by atoms with E-state index in [1.807, 2.05) is 28.8 Å². The molecule has 0 unspecified atom stereocenters. The molecular formula is C23H21N5O2S2. The van der Waals surface area contributed by atoms with Gasteiger partial charge in [0.25, 0.3) is 11.5 Å². The SMILES string of the molecule is O=C(Nc1ccccc1Sc1nncs1)c1ccc2c(=O)n3c(nc2c1)CCCCCC3. The second-order valence-corrected chi connectivity index (χ2v) is 9.76. The van der Waals surface area contributed by atoms with Crippen LogP contribution in [0.4, 0.5) is 5.69 Å². The van der Waals surface area contributed by atoms with Gasteiger partial charge in [-0.1, -0.05) is 48.1 Å². The van der Waals surface area contributed by atoms with E-state index in [0.29, 0.717) is 28.7 Å². The van der Waals surface area contributed by atoms with Crippen molar-refractivity contribution in [1.29, 1.82) is 0 Å². The summed E-state index contributed by atoms with van der Waals surface area (Å²) in [6, 6.07) is 12.7. The van der Waals surface area contributed by atoms with E-state index in [2.05, 4.69) is 15.5 Å². The Kier molecular flexibility index (Phi) is 6.00. The van der Waals surface area contributed by atoms with Crippen LogP contribution in [0.5, 0.6) is 0 Å². The molecule has 0 saturated carbocycles. The number of benzene rings is 2. The fourth-order valence-corrected chi connectivity index (χ4v) is 5.41. The number of aromatic nitrogens is 4. The summed E-state index contributed by atoms with van der Waals surface area (Å²) in [5.74, 6) is 0.574. The highest BCUT2D eigenvalue weighted by molar-refractivity contribution is 8.01. The molecule has 0 spiro atoms. The summed E-state index contributed by atoms with van der Waals surface area (Å²) in [6.45, 7) is 0.711. The molecule has 3 heterocycles. The minimum absolute atomic E-state index is 0.0161. The number of aryl methyl sites for hydroxylation is 1. The number of carbonyl (C=O) groups excluding carboxylic acids is 1. The summed E-state index contributed by atoms with van der Waals surface area (Å²) >= 11 is 2.90. The van der Waals surface area contributed by atoms with E-state index in [1.165, 1.54) is 23.1 Å². The number of carbonyl (C=O) groups is 1. The average molecular weight is 464 g/mol. The third-order valence-corrected chi connectivity index (χ3v) is 7.36. The number of fused-ring (bicyclic) bond motifs is 2. The molecule has 0 radical (unpaired) electrons. The quantitative estimate of drug-likeness (QED) is 0.469. The van der Waals surface area contributed by atoms with Crippen molar-refractivity contribution in [2.75, 3.05) is 5.32 Å². The van der Waals surface area contributed by atoms with Crippen LogP contribution >= 0.6 is 23.1 Å². The van der Waals surface area contributed by atoms with Crippen LogP contribution < -0.4 is 10.9 Å². The van der Waals surface area contributed by atoms with Gasteiger partial charge >= 0.3 is 0 Å². The maximum atomic E-state index is 13.0. The number of nitrogens with one attached hydrogen (secondary N) is 1. The van der Waals surface area contributed by atoms with Crippen molar-refractivity contribution in [3.05, 3.63) is 69.7 Å². The zero-order valence-electron chi connectivity index (χ0n) is 17.3. The van der Waals surface area contributed by atoms with Gasteiger partial charge in [0.1, 0.15) is 11.3 Å². The molecule has 0 fully saturated rings. The number of anilines is 1. The smallest absolute Gasteiger partial charge is 0.261 e. The molecule has 1 amide bonds. The van der Waals surface area contributed by atoms with Gasteiger partial charge in [-0.05, 0) is 43.2 Å².